The minimum Gasteiger partial charge on any atom is -0.102 e. The van der Waals surface area contributed by atoms with E-state index in [1.54, 1.807) is 11.4 Å². The number of hydrogen-bond donors (Lipinski definition) is 0. The van der Waals surface area contributed by atoms with E-state index < -0.39 is 0 Å². The van der Waals surface area contributed by atoms with Crippen LogP contribution in [-0.4, -0.2) is 5.75 Å². The first-order chi connectivity index (χ1) is 2.91. The SMILES string of the molecule is C=CCS[PH+]=S. The van der Waals surface area contributed by atoms with Crippen molar-refractivity contribution in [2.24, 2.45) is 0 Å². The Hall–Kier alpha value is 0.610. The van der Waals surface area contributed by atoms with Gasteiger partial charge in [-0.15, -0.1) is 6.58 Å². The van der Waals surface area contributed by atoms with Crippen LogP contribution in [0.15, 0.2) is 12.7 Å². The second kappa shape index (κ2) is 5.61. The van der Waals surface area contributed by atoms with Crippen LogP contribution in [0.2, 0.25) is 0 Å². The summed E-state index contributed by atoms with van der Waals surface area (Å²) in [7, 11) is 0. The molecule has 0 fully saturated rings. The molecule has 34 valence electrons. The second-order valence-corrected chi connectivity index (χ2v) is 4.34. The molecule has 1 atom stereocenters. The number of rotatable bonds is 3. The summed E-state index contributed by atoms with van der Waals surface area (Å²) in [5, 5.41) is 0. The highest BCUT2D eigenvalue weighted by Crippen LogP contribution is 2.15. The van der Waals surface area contributed by atoms with Crippen LogP contribution in [-0.2, 0) is 11.8 Å². The lowest BCUT2D eigenvalue weighted by Gasteiger charge is -1.64. The van der Waals surface area contributed by atoms with Gasteiger partial charge < -0.3 is 0 Å². The molecule has 0 saturated carbocycles. The quantitative estimate of drug-likeness (QED) is 0.331. The lowest BCUT2D eigenvalue weighted by Crippen LogP contribution is -1.52. The molecule has 0 amide bonds. The molecule has 0 aromatic carbocycles. The van der Waals surface area contributed by atoms with Crippen LogP contribution in [0, 0.1) is 0 Å². The molecule has 0 N–H and O–H groups in total. The van der Waals surface area contributed by atoms with E-state index in [-0.39, 0.29) is 0 Å². The van der Waals surface area contributed by atoms with Crippen LogP contribution in [0.4, 0.5) is 0 Å². The van der Waals surface area contributed by atoms with Gasteiger partial charge in [0.2, 0.25) is 6.56 Å². The summed E-state index contributed by atoms with van der Waals surface area (Å²) in [4.78, 5) is 0. The minimum absolute atomic E-state index is 0.593. The molecule has 3 heteroatoms. The zero-order valence-corrected chi connectivity index (χ0v) is 5.94. The van der Waals surface area contributed by atoms with Crippen molar-refractivity contribution in [1.82, 2.24) is 0 Å². The van der Waals surface area contributed by atoms with Gasteiger partial charge in [0.15, 0.2) is 11.8 Å². The zero-order valence-electron chi connectivity index (χ0n) is 3.31. The van der Waals surface area contributed by atoms with Crippen LogP contribution in [0.1, 0.15) is 0 Å². The molecule has 0 aliphatic rings. The predicted molar refractivity (Wildman–Crippen MR) is 38.3 cm³/mol. The maximum Gasteiger partial charge on any atom is 0.231 e. The van der Waals surface area contributed by atoms with Crippen LogP contribution >= 0.6 is 17.9 Å². The smallest absolute Gasteiger partial charge is 0.102 e. The van der Waals surface area contributed by atoms with Crippen LogP contribution in [0.5, 0.6) is 0 Å². The fraction of sp³-hybridized carbons (Fsp3) is 0.333. The zero-order chi connectivity index (χ0) is 4.83. The van der Waals surface area contributed by atoms with E-state index in [9.17, 15) is 0 Å². The maximum atomic E-state index is 4.66. The summed E-state index contributed by atoms with van der Waals surface area (Å²) in [5.41, 5.74) is 0. The van der Waals surface area contributed by atoms with E-state index in [0.29, 0.717) is 6.56 Å². The summed E-state index contributed by atoms with van der Waals surface area (Å²) in [5.74, 6) is 1.00. The summed E-state index contributed by atoms with van der Waals surface area (Å²) >= 11 is 6.39. The Morgan fingerprint density at radius 1 is 2.00 bits per heavy atom. The van der Waals surface area contributed by atoms with Crippen LogP contribution in [0.25, 0.3) is 0 Å². The van der Waals surface area contributed by atoms with Crippen molar-refractivity contribution < 1.29 is 0 Å². The van der Waals surface area contributed by atoms with Gasteiger partial charge in [0.05, 0.1) is 17.1 Å². The topological polar surface area (TPSA) is 0 Å². The van der Waals surface area contributed by atoms with Crippen molar-refractivity contribution >= 4 is 29.7 Å². The summed E-state index contributed by atoms with van der Waals surface area (Å²) < 4.78 is 0. The summed E-state index contributed by atoms with van der Waals surface area (Å²) in [6.07, 6.45) is 1.87. The Labute approximate surface area is 48.6 Å². The van der Waals surface area contributed by atoms with Gasteiger partial charge in [0.1, 0.15) is 0 Å². The van der Waals surface area contributed by atoms with Gasteiger partial charge in [0, 0.05) is 0 Å². The molecular weight excluding hydrogens is 131 g/mol. The van der Waals surface area contributed by atoms with E-state index >= 15 is 0 Å². The molecule has 0 saturated heterocycles. The van der Waals surface area contributed by atoms with Crippen molar-refractivity contribution in [3.8, 4) is 0 Å². The molecule has 0 aromatic rings. The van der Waals surface area contributed by atoms with E-state index in [1.165, 1.54) is 0 Å². The highest BCUT2D eigenvalue weighted by atomic mass is 32.9. The van der Waals surface area contributed by atoms with E-state index in [0.717, 1.165) is 5.75 Å². The lowest BCUT2D eigenvalue weighted by atomic mass is 10.8. The minimum atomic E-state index is 0.593. The standard InChI is InChI=1S/C3H5PS2/c1-2-3-6-4-5/h2H,1,3H2/p+1. The van der Waals surface area contributed by atoms with Gasteiger partial charge in [-0.25, -0.2) is 0 Å². The largest absolute Gasteiger partial charge is 0.231 e. The van der Waals surface area contributed by atoms with Crippen molar-refractivity contribution in [1.29, 1.82) is 0 Å². The average Bonchev–Trinajstić information content (AvgIpc) is 1.61. The molecule has 0 aromatic heterocycles. The Morgan fingerprint density at radius 3 is 2.83 bits per heavy atom. The maximum absolute atomic E-state index is 4.66. The lowest BCUT2D eigenvalue weighted by molar-refractivity contribution is 1.84. The van der Waals surface area contributed by atoms with Gasteiger partial charge in [-0.05, 0) is 0 Å². The predicted octanol–water partition coefficient (Wildman–Crippen LogP) is 1.96. The Morgan fingerprint density at radius 2 is 2.67 bits per heavy atom. The van der Waals surface area contributed by atoms with E-state index in [1.807, 2.05) is 6.08 Å². The van der Waals surface area contributed by atoms with Gasteiger partial charge in [-0.2, -0.15) is 0 Å². The Balaban J connectivity index is 2.66. The molecule has 0 heterocycles. The molecule has 0 rings (SSSR count). The van der Waals surface area contributed by atoms with Gasteiger partial charge in [-0.1, -0.05) is 6.08 Å². The molecule has 0 bridgehead atoms. The Kier molecular flexibility index (Phi) is 6.18. The monoisotopic (exact) mass is 137 g/mol. The molecule has 1 unspecified atom stereocenters. The molecule has 0 aliphatic carbocycles. The average molecular weight is 137 g/mol. The molecule has 6 heavy (non-hydrogen) atoms. The third-order valence-electron chi connectivity index (χ3n) is 0.260. The molecule has 0 radical (unpaired) electrons. The summed E-state index contributed by atoms with van der Waals surface area (Å²) in [6.45, 7) is 4.13. The molecule has 0 spiro atoms. The fourth-order valence-corrected chi connectivity index (χ4v) is 1.45. The van der Waals surface area contributed by atoms with Gasteiger partial charge in [0.25, 0.3) is 0 Å². The summed E-state index contributed by atoms with van der Waals surface area (Å²) in [6, 6.07) is 0. The first-order valence-electron chi connectivity index (χ1n) is 1.51. The molecular formula is C3H6PS2+. The normalized spacial score (nSPS) is 8.67. The first-order valence-corrected chi connectivity index (χ1v) is 5.36. The van der Waals surface area contributed by atoms with Gasteiger partial charge in [-0.3, -0.25) is 0 Å². The van der Waals surface area contributed by atoms with Crippen molar-refractivity contribution in [2.75, 3.05) is 5.75 Å². The van der Waals surface area contributed by atoms with Crippen molar-refractivity contribution in [3.63, 3.8) is 0 Å². The third-order valence-corrected chi connectivity index (χ3v) is 2.69. The van der Waals surface area contributed by atoms with Crippen molar-refractivity contribution in [2.45, 2.75) is 0 Å². The van der Waals surface area contributed by atoms with E-state index in [4.69, 9.17) is 0 Å². The fourth-order valence-electron chi connectivity index (χ4n) is 0.0929. The van der Waals surface area contributed by atoms with E-state index in [2.05, 4.69) is 18.4 Å². The first kappa shape index (κ1) is 6.61. The molecule has 0 nitrogen and oxygen atoms in total. The second-order valence-electron chi connectivity index (χ2n) is 0.683. The Bertz CT molecular complexity index is 44.8. The van der Waals surface area contributed by atoms with Crippen LogP contribution in [0.3, 0.4) is 0 Å². The third kappa shape index (κ3) is 4.61. The van der Waals surface area contributed by atoms with Gasteiger partial charge >= 0.3 is 0 Å². The number of hydrogen-bond acceptors (Lipinski definition) is 2. The van der Waals surface area contributed by atoms with Crippen molar-refractivity contribution in [3.05, 3.63) is 12.7 Å². The molecule has 0 aliphatic heterocycles. The van der Waals surface area contributed by atoms with Crippen LogP contribution < -0.4 is 0 Å². The highest BCUT2D eigenvalue weighted by Gasteiger charge is 1.79. The highest BCUT2D eigenvalue weighted by molar-refractivity contribution is 8.58.